The third kappa shape index (κ3) is 3.79. The molecule has 0 aliphatic carbocycles. The number of amides is 1. The van der Waals surface area contributed by atoms with Crippen LogP contribution in [0.3, 0.4) is 0 Å². The maximum atomic E-state index is 12.2. The normalized spacial score (nSPS) is 11.0. The molecule has 2 aromatic carbocycles. The number of thiazole rings is 1. The highest BCUT2D eigenvalue weighted by Gasteiger charge is 2.13. The number of esters is 1. The lowest BCUT2D eigenvalue weighted by Gasteiger charge is -1.98. The van der Waals surface area contributed by atoms with E-state index in [0.29, 0.717) is 27.0 Å². The van der Waals surface area contributed by atoms with Gasteiger partial charge >= 0.3 is 5.97 Å². The molecule has 7 nitrogen and oxygen atoms in total. The molecule has 0 spiro atoms. The van der Waals surface area contributed by atoms with Gasteiger partial charge in [0.15, 0.2) is 10.7 Å². The number of ether oxygens (including phenoxy) is 1. The number of hydrogen-bond acceptors (Lipinski definition) is 8. The number of carbonyl (C=O) groups excluding carboxylic acids is 2. The molecular weight excluding hydrogens is 386 g/mol. The van der Waals surface area contributed by atoms with Crippen LogP contribution in [0.5, 0.6) is 0 Å². The van der Waals surface area contributed by atoms with Crippen LogP contribution >= 0.6 is 23.1 Å². The van der Waals surface area contributed by atoms with Gasteiger partial charge in [-0.05, 0) is 30.3 Å². The van der Waals surface area contributed by atoms with Gasteiger partial charge in [0.05, 0.1) is 28.6 Å². The number of benzene rings is 2. The number of methoxy groups -OCH3 is 1. The zero-order valence-corrected chi connectivity index (χ0v) is 15.7. The highest BCUT2D eigenvalue weighted by atomic mass is 32.2. The molecule has 0 aliphatic heterocycles. The quantitative estimate of drug-likeness (QED) is 0.401. The van der Waals surface area contributed by atoms with E-state index in [1.807, 2.05) is 24.3 Å². The molecule has 1 N–H and O–H groups in total. The Bertz CT molecular complexity index is 1120. The largest absolute Gasteiger partial charge is 0.465 e. The Kier molecular flexibility index (Phi) is 4.78. The summed E-state index contributed by atoms with van der Waals surface area (Å²) in [6, 6.07) is 12.5. The Morgan fingerprint density at radius 3 is 2.85 bits per heavy atom. The van der Waals surface area contributed by atoms with Gasteiger partial charge in [0.25, 0.3) is 5.22 Å². The Labute approximate surface area is 161 Å². The van der Waals surface area contributed by atoms with Gasteiger partial charge in [-0.2, -0.15) is 0 Å². The van der Waals surface area contributed by atoms with Crippen molar-refractivity contribution >= 4 is 61.4 Å². The van der Waals surface area contributed by atoms with E-state index in [9.17, 15) is 9.59 Å². The summed E-state index contributed by atoms with van der Waals surface area (Å²) in [6.07, 6.45) is 0. The number of nitrogens with one attached hydrogen (secondary N) is 1. The lowest BCUT2D eigenvalue weighted by atomic mass is 10.2. The molecule has 2 heterocycles. The molecule has 0 aliphatic rings. The van der Waals surface area contributed by atoms with Crippen molar-refractivity contribution in [3.8, 4) is 0 Å². The second kappa shape index (κ2) is 7.37. The summed E-state index contributed by atoms with van der Waals surface area (Å²) in [5, 5.41) is 3.67. The van der Waals surface area contributed by atoms with Crippen LogP contribution in [0.1, 0.15) is 10.4 Å². The zero-order valence-electron chi connectivity index (χ0n) is 14.1. The first-order chi connectivity index (χ1) is 13.1. The number of para-hydroxylation sites is 2. The van der Waals surface area contributed by atoms with Crippen molar-refractivity contribution in [2.75, 3.05) is 18.2 Å². The topological polar surface area (TPSA) is 94.3 Å². The van der Waals surface area contributed by atoms with E-state index in [1.165, 1.54) is 30.2 Å². The number of oxazole rings is 1. The molecule has 2 aromatic heterocycles. The molecule has 0 fully saturated rings. The molecular formula is C18H13N3O4S2. The Morgan fingerprint density at radius 1 is 1.19 bits per heavy atom. The van der Waals surface area contributed by atoms with E-state index < -0.39 is 5.97 Å². The van der Waals surface area contributed by atoms with Crippen LogP contribution < -0.4 is 5.32 Å². The Hall–Kier alpha value is -2.91. The molecule has 9 heteroatoms. The van der Waals surface area contributed by atoms with Gasteiger partial charge in [0.2, 0.25) is 5.91 Å². The van der Waals surface area contributed by atoms with E-state index >= 15 is 0 Å². The summed E-state index contributed by atoms with van der Waals surface area (Å²) < 4.78 is 11.1. The van der Waals surface area contributed by atoms with Gasteiger partial charge in [0, 0.05) is 0 Å². The van der Waals surface area contributed by atoms with Crippen molar-refractivity contribution in [2.45, 2.75) is 5.22 Å². The van der Waals surface area contributed by atoms with Gasteiger partial charge in [-0.1, -0.05) is 35.2 Å². The number of hydrogen-bond donors (Lipinski definition) is 1. The van der Waals surface area contributed by atoms with E-state index in [0.717, 1.165) is 10.2 Å². The standard InChI is InChI=1S/C18H13N3O4S2/c1-24-16(23)10-6-7-12-14(8-10)27-17(19-12)21-15(22)9-26-18-20-11-4-2-3-5-13(11)25-18/h2-8H,9H2,1H3,(H,19,21,22). The molecule has 0 radical (unpaired) electrons. The minimum Gasteiger partial charge on any atom is -0.465 e. The molecule has 0 atom stereocenters. The summed E-state index contributed by atoms with van der Waals surface area (Å²) in [5.74, 6) is -0.476. The molecule has 4 aromatic rings. The maximum Gasteiger partial charge on any atom is 0.337 e. The number of fused-ring (bicyclic) bond motifs is 2. The third-order valence-electron chi connectivity index (χ3n) is 3.66. The predicted octanol–water partition coefficient (Wildman–Crippen LogP) is 3.95. The van der Waals surface area contributed by atoms with Crippen LogP contribution in [0.4, 0.5) is 5.13 Å². The van der Waals surface area contributed by atoms with Crippen molar-refractivity contribution in [3.63, 3.8) is 0 Å². The summed E-state index contributed by atoms with van der Waals surface area (Å²) in [4.78, 5) is 32.5. The Balaban J connectivity index is 1.42. The minimum atomic E-state index is -0.411. The van der Waals surface area contributed by atoms with E-state index in [4.69, 9.17) is 9.15 Å². The van der Waals surface area contributed by atoms with Crippen molar-refractivity contribution in [2.24, 2.45) is 0 Å². The van der Waals surface area contributed by atoms with Crippen LogP contribution in [0, 0.1) is 0 Å². The smallest absolute Gasteiger partial charge is 0.337 e. The van der Waals surface area contributed by atoms with Crippen molar-refractivity contribution in [3.05, 3.63) is 48.0 Å². The van der Waals surface area contributed by atoms with Crippen LogP contribution in [0.25, 0.3) is 21.3 Å². The fourth-order valence-electron chi connectivity index (χ4n) is 2.42. The van der Waals surface area contributed by atoms with Crippen LogP contribution in [-0.4, -0.2) is 34.7 Å². The molecule has 27 heavy (non-hydrogen) atoms. The van der Waals surface area contributed by atoms with Crippen molar-refractivity contribution < 1.29 is 18.7 Å². The van der Waals surface area contributed by atoms with Crippen LogP contribution in [0.2, 0.25) is 0 Å². The van der Waals surface area contributed by atoms with Crippen molar-refractivity contribution in [1.29, 1.82) is 0 Å². The highest BCUT2D eigenvalue weighted by molar-refractivity contribution is 7.99. The fourth-order valence-corrected chi connectivity index (χ4v) is 3.98. The summed E-state index contributed by atoms with van der Waals surface area (Å²) in [7, 11) is 1.33. The maximum absolute atomic E-state index is 12.2. The van der Waals surface area contributed by atoms with Crippen LogP contribution in [-0.2, 0) is 9.53 Å². The number of carbonyl (C=O) groups is 2. The first-order valence-corrected chi connectivity index (χ1v) is 9.70. The van der Waals surface area contributed by atoms with Crippen molar-refractivity contribution in [1.82, 2.24) is 9.97 Å². The number of thioether (sulfide) groups is 1. The lowest BCUT2D eigenvalue weighted by molar-refractivity contribution is -0.113. The second-order valence-corrected chi connectivity index (χ2v) is 7.43. The van der Waals surface area contributed by atoms with Gasteiger partial charge in [-0.15, -0.1) is 0 Å². The monoisotopic (exact) mass is 399 g/mol. The summed E-state index contributed by atoms with van der Waals surface area (Å²) >= 11 is 2.51. The number of rotatable bonds is 5. The summed E-state index contributed by atoms with van der Waals surface area (Å²) in [6.45, 7) is 0. The molecule has 4 rings (SSSR count). The first-order valence-electron chi connectivity index (χ1n) is 7.89. The second-order valence-electron chi connectivity index (χ2n) is 5.48. The number of anilines is 1. The van der Waals surface area contributed by atoms with Gasteiger partial charge < -0.3 is 14.5 Å². The number of nitrogens with zero attached hydrogens (tertiary/aromatic N) is 2. The average Bonchev–Trinajstić information content (AvgIpc) is 3.27. The summed E-state index contributed by atoms with van der Waals surface area (Å²) in [5.41, 5.74) is 2.59. The molecule has 136 valence electrons. The fraction of sp³-hybridized carbons (Fsp3) is 0.111. The average molecular weight is 399 g/mol. The molecule has 1 amide bonds. The highest BCUT2D eigenvalue weighted by Crippen LogP contribution is 2.28. The van der Waals surface area contributed by atoms with Crippen LogP contribution in [0.15, 0.2) is 52.1 Å². The van der Waals surface area contributed by atoms with Gasteiger partial charge in [0.1, 0.15) is 5.52 Å². The molecule has 0 saturated carbocycles. The molecule has 0 bridgehead atoms. The van der Waals surface area contributed by atoms with E-state index in [-0.39, 0.29) is 11.7 Å². The van der Waals surface area contributed by atoms with E-state index in [1.54, 1.807) is 18.2 Å². The number of aromatic nitrogens is 2. The third-order valence-corrected chi connectivity index (χ3v) is 5.42. The first kappa shape index (κ1) is 17.5. The molecule has 0 unspecified atom stereocenters. The lowest BCUT2D eigenvalue weighted by Crippen LogP contribution is -2.13. The predicted molar refractivity (Wildman–Crippen MR) is 104 cm³/mol. The Morgan fingerprint density at radius 2 is 2.04 bits per heavy atom. The minimum absolute atomic E-state index is 0.149. The van der Waals surface area contributed by atoms with Gasteiger partial charge in [-0.25, -0.2) is 14.8 Å². The molecule has 0 saturated heterocycles. The SMILES string of the molecule is COC(=O)c1ccc2nc(NC(=O)CSc3nc4ccccc4o3)sc2c1. The van der Waals surface area contributed by atoms with Gasteiger partial charge in [-0.3, -0.25) is 4.79 Å². The zero-order chi connectivity index (χ0) is 18.8. The van der Waals surface area contributed by atoms with E-state index in [2.05, 4.69) is 15.3 Å².